The van der Waals surface area contributed by atoms with Gasteiger partial charge in [0.05, 0.1) is 0 Å². The second-order valence-corrected chi connectivity index (χ2v) is 4.50. The number of halogens is 2. The lowest BCUT2D eigenvalue weighted by atomic mass is 10.1. The van der Waals surface area contributed by atoms with Crippen molar-refractivity contribution in [1.82, 2.24) is 0 Å². The maximum absolute atomic E-state index is 3.57. The Morgan fingerprint density at radius 1 is 1.00 bits per heavy atom. The van der Waals surface area contributed by atoms with Crippen molar-refractivity contribution in [1.29, 1.82) is 0 Å². The molecule has 0 saturated carbocycles. The first kappa shape index (κ1) is 8.52. The summed E-state index contributed by atoms with van der Waals surface area (Å²) < 4.78 is 2.31. The van der Waals surface area contributed by atoms with Gasteiger partial charge in [-0.1, -0.05) is 18.2 Å². The van der Waals surface area contributed by atoms with E-state index < -0.39 is 0 Å². The molecule has 2 rings (SSSR count). The number of benzene rings is 1. The van der Waals surface area contributed by atoms with Crippen LogP contribution in [0.4, 0.5) is 0 Å². The molecular weight excluding hydrogens is 280 g/mol. The lowest BCUT2D eigenvalue weighted by Gasteiger charge is -2.03. The molecule has 0 atom stereocenters. The van der Waals surface area contributed by atoms with Crippen LogP contribution in [0, 0.1) is 0 Å². The van der Waals surface area contributed by atoms with Crippen LogP contribution in [-0.2, 0) is 0 Å². The third-order valence-electron chi connectivity index (χ3n) is 2.05. The summed E-state index contributed by atoms with van der Waals surface area (Å²) in [7, 11) is 0. The molecule has 0 amide bonds. The Morgan fingerprint density at radius 2 is 1.75 bits per heavy atom. The van der Waals surface area contributed by atoms with E-state index >= 15 is 0 Å². The standard InChI is InChI=1S/C10H8Br2/c11-9-6-5-7-3-1-2-4-8(7)10(9)12/h3-6H,1-2H2. The smallest absolute Gasteiger partial charge is 0.0392 e. The summed E-state index contributed by atoms with van der Waals surface area (Å²) in [5.74, 6) is 0. The van der Waals surface area contributed by atoms with Crippen LogP contribution in [0.15, 0.2) is 21.1 Å². The summed E-state index contributed by atoms with van der Waals surface area (Å²) in [4.78, 5) is 0. The van der Waals surface area contributed by atoms with Crippen LogP contribution in [0.25, 0.3) is 12.2 Å². The van der Waals surface area contributed by atoms with Crippen LogP contribution in [0.2, 0.25) is 0 Å². The highest BCUT2D eigenvalue weighted by atomic mass is 79.9. The molecule has 0 bridgehead atoms. The molecule has 0 nitrogen and oxygen atoms in total. The van der Waals surface area contributed by atoms with Crippen molar-refractivity contribution in [2.24, 2.45) is 0 Å². The number of rotatable bonds is 0. The molecule has 0 unspecified atom stereocenters. The van der Waals surface area contributed by atoms with Gasteiger partial charge >= 0.3 is 0 Å². The van der Waals surface area contributed by atoms with Gasteiger partial charge in [0.1, 0.15) is 0 Å². The molecule has 0 radical (unpaired) electrons. The van der Waals surface area contributed by atoms with Crippen molar-refractivity contribution in [2.45, 2.75) is 12.8 Å². The van der Waals surface area contributed by atoms with Crippen LogP contribution < -0.4 is 10.4 Å². The average Bonchev–Trinajstić information content (AvgIpc) is 2.12. The topological polar surface area (TPSA) is 0 Å². The van der Waals surface area contributed by atoms with Gasteiger partial charge in [-0.2, -0.15) is 0 Å². The van der Waals surface area contributed by atoms with Gasteiger partial charge in [0.15, 0.2) is 0 Å². The molecule has 1 aliphatic rings. The van der Waals surface area contributed by atoms with E-state index in [0.717, 1.165) is 10.9 Å². The Labute approximate surface area is 88.2 Å². The van der Waals surface area contributed by atoms with Crippen molar-refractivity contribution in [3.63, 3.8) is 0 Å². The van der Waals surface area contributed by atoms with Crippen molar-refractivity contribution < 1.29 is 0 Å². The summed E-state index contributed by atoms with van der Waals surface area (Å²) in [5, 5.41) is 2.67. The fraction of sp³-hybridized carbons (Fsp3) is 0.200. The molecule has 12 heavy (non-hydrogen) atoms. The minimum absolute atomic E-state index is 1.13. The molecule has 0 heterocycles. The zero-order valence-electron chi connectivity index (χ0n) is 6.48. The number of hydrogen-bond acceptors (Lipinski definition) is 0. The van der Waals surface area contributed by atoms with E-state index in [9.17, 15) is 0 Å². The van der Waals surface area contributed by atoms with Gasteiger partial charge in [-0.3, -0.25) is 0 Å². The molecule has 0 aromatic heterocycles. The summed E-state index contributed by atoms with van der Waals surface area (Å²) in [6.07, 6.45) is 6.89. The monoisotopic (exact) mass is 286 g/mol. The first-order valence-corrected chi connectivity index (χ1v) is 5.52. The van der Waals surface area contributed by atoms with Crippen LogP contribution in [0.3, 0.4) is 0 Å². The predicted molar refractivity (Wildman–Crippen MR) is 59.3 cm³/mol. The highest BCUT2D eigenvalue weighted by Gasteiger charge is 2.00. The zero-order chi connectivity index (χ0) is 8.55. The average molecular weight is 288 g/mol. The van der Waals surface area contributed by atoms with E-state index in [-0.39, 0.29) is 0 Å². The lowest BCUT2D eigenvalue weighted by molar-refractivity contribution is 1.11. The number of fused-ring (bicyclic) bond motifs is 1. The van der Waals surface area contributed by atoms with Crippen molar-refractivity contribution in [3.8, 4) is 0 Å². The third kappa shape index (κ3) is 1.38. The van der Waals surface area contributed by atoms with Crippen LogP contribution in [-0.4, -0.2) is 0 Å². The van der Waals surface area contributed by atoms with Crippen LogP contribution >= 0.6 is 31.9 Å². The van der Waals surface area contributed by atoms with Crippen LogP contribution in [0.5, 0.6) is 0 Å². The molecule has 0 fully saturated rings. The Balaban J connectivity index is 2.88. The Morgan fingerprint density at radius 3 is 2.58 bits per heavy atom. The second kappa shape index (κ2) is 3.35. The summed E-state index contributed by atoms with van der Waals surface area (Å²) >= 11 is 7.06. The molecule has 0 saturated heterocycles. The normalized spacial score (nSPS) is 14.5. The summed E-state index contributed by atoms with van der Waals surface area (Å²) in [5.41, 5.74) is 0. The quantitative estimate of drug-likeness (QED) is 0.688. The Hall–Kier alpha value is -0.0800. The molecule has 1 aromatic carbocycles. The van der Waals surface area contributed by atoms with Crippen molar-refractivity contribution in [3.05, 3.63) is 31.5 Å². The fourth-order valence-corrected chi connectivity index (χ4v) is 2.30. The molecule has 0 N–H and O–H groups in total. The van der Waals surface area contributed by atoms with Gasteiger partial charge in [0.25, 0.3) is 0 Å². The first-order chi connectivity index (χ1) is 5.79. The second-order valence-electron chi connectivity index (χ2n) is 2.85. The molecule has 62 valence electrons. The van der Waals surface area contributed by atoms with Crippen molar-refractivity contribution in [2.75, 3.05) is 0 Å². The summed E-state index contributed by atoms with van der Waals surface area (Å²) in [6, 6.07) is 4.23. The Bertz CT molecular complexity index is 418. The van der Waals surface area contributed by atoms with E-state index in [0.29, 0.717) is 0 Å². The highest BCUT2D eigenvalue weighted by molar-refractivity contribution is 9.13. The van der Waals surface area contributed by atoms with Crippen LogP contribution in [0.1, 0.15) is 12.8 Å². The molecular formula is C10H8Br2. The molecule has 0 spiro atoms. The van der Waals surface area contributed by atoms with Gasteiger partial charge in [-0.05, 0) is 61.2 Å². The fourth-order valence-electron chi connectivity index (χ4n) is 1.43. The van der Waals surface area contributed by atoms with Crippen molar-refractivity contribution >= 4 is 44.0 Å². The molecule has 1 aromatic rings. The minimum atomic E-state index is 1.13. The van der Waals surface area contributed by atoms with E-state index in [1.54, 1.807) is 0 Å². The maximum atomic E-state index is 3.57. The van der Waals surface area contributed by atoms with Gasteiger partial charge in [-0.25, -0.2) is 0 Å². The van der Waals surface area contributed by atoms with Gasteiger partial charge in [-0.15, -0.1) is 0 Å². The van der Waals surface area contributed by atoms with E-state index in [1.165, 1.54) is 21.3 Å². The van der Waals surface area contributed by atoms with Gasteiger partial charge in [0, 0.05) is 8.95 Å². The Kier molecular flexibility index (Phi) is 2.37. The largest absolute Gasteiger partial charge is 0.0763 e. The third-order valence-corrected chi connectivity index (χ3v) is 4.09. The molecule has 1 aliphatic carbocycles. The maximum Gasteiger partial charge on any atom is 0.0392 e. The SMILES string of the molecule is Brc1ccc2c(c1Br)=CCCC=2. The van der Waals surface area contributed by atoms with Gasteiger partial charge < -0.3 is 0 Å². The van der Waals surface area contributed by atoms with Gasteiger partial charge in [0.2, 0.25) is 0 Å². The molecule has 0 aliphatic heterocycles. The predicted octanol–water partition coefficient (Wildman–Crippen LogP) is 2.57. The minimum Gasteiger partial charge on any atom is -0.0763 e. The first-order valence-electron chi connectivity index (χ1n) is 3.93. The summed E-state index contributed by atoms with van der Waals surface area (Å²) in [6.45, 7) is 0. The lowest BCUT2D eigenvalue weighted by Crippen LogP contribution is -2.27. The van der Waals surface area contributed by atoms with E-state index in [4.69, 9.17) is 0 Å². The van der Waals surface area contributed by atoms with E-state index in [2.05, 4.69) is 56.1 Å². The zero-order valence-corrected chi connectivity index (χ0v) is 9.65. The highest BCUT2D eigenvalue weighted by Crippen LogP contribution is 2.17. The van der Waals surface area contributed by atoms with E-state index in [1.807, 2.05) is 0 Å². The number of hydrogen-bond donors (Lipinski definition) is 0. The molecule has 2 heteroatoms.